The Kier molecular flexibility index (Phi) is 3.47. The first kappa shape index (κ1) is 13.2. The van der Waals surface area contributed by atoms with Crippen LogP contribution in [0.2, 0.25) is 0 Å². The van der Waals surface area contributed by atoms with E-state index in [0.29, 0.717) is 5.70 Å². The Morgan fingerprint density at radius 3 is 2.75 bits per heavy atom. The first-order valence-electron chi connectivity index (χ1n) is 6.06. The summed E-state index contributed by atoms with van der Waals surface area (Å²) in [5, 5.41) is 14.1. The normalized spacial score (nSPS) is 17.9. The predicted molar refractivity (Wildman–Crippen MR) is 81.9 cm³/mol. The average molecular weight is 300 g/mol. The highest BCUT2D eigenvalue weighted by Gasteiger charge is 2.25. The number of aromatic nitrogens is 2. The van der Waals surface area contributed by atoms with E-state index in [2.05, 4.69) is 22.1 Å². The van der Waals surface area contributed by atoms with Crippen LogP contribution in [0.25, 0.3) is 11.4 Å². The van der Waals surface area contributed by atoms with Crippen molar-refractivity contribution in [1.29, 1.82) is 5.26 Å². The molecule has 0 bridgehead atoms. The highest BCUT2D eigenvalue weighted by molar-refractivity contribution is 8.02. The fourth-order valence-corrected chi connectivity index (χ4v) is 3.70. The third kappa shape index (κ3) is 2.30. The molecule has 0 amide bonds. The Bertz CT molecular complexity index is 697. The minimum Gasteiger partial charge on any atom is -0.349 e. The van der Waals surface area contributed by atoms with Gasteiger partial charge in [0.2, 0.25) is 0 Å². The molecule has 100 valence electrons. The molecule has 20 heavy (non-hydrogen) atoms. The number of thiazole rings is 1. The van der Waals surface area contributed by atoms with Crippen molar-refractivity contribution in [2.75, 3.05) is 7.05 Å². The monoisotopic (exact) mass is 300 g/mol. The number of nitrogens with zero attached hydrogens (tertiary/aromatic N) is 4. The summed E-state index contributed by atoms with van der Waals surface area (Å²) >= 11 is 3.25. The van der Waals surface area contributed by atoms with Crippen LogP contribution in [0.1, 0.15) is 15.9 Å². The molecule has 0 radical (unpaired) electrons. The van der Waals surface area contributed by atoms with Gasteiger partial charge in [-0.05, 0) is 13.0 Å². The molecule has 1 aliphatic heterocycles. The SMILES string of the molecule is Cc1nc(-c2ccc(C3SC=C(C#N)N3C)cn2)cs1. The van der Waals surface area contributed by atoms with E-state index in [9.17, 15) is 0 Å². The van der Waals surface area contributed by atoms with Gasteiger partial charge in [-0.25, -0.2) is 4.98 Å². The van der Waals surface area contributed by atoms with Gasteiger partial charge in [0.05, 0.1) is 16.4 Å². The summed E-state index contributed by atoms with van der Waals surface area (Å²) < 4.78 is 0. The molecule has 1 atom stereocenters. The molecule has 1 aliphatic rings. The second-order valence-corrected chi connectivity index (χ2v) is 6.46. The van der Waals surface area contributed by atoms with Crippen LogP contribution >= 0.6 is 23.1 Å². The van der Waals surface area contributed by atoms with Gasteiger partial charge in [0.15, 0.2) is 0 Å². The molecule has 2 aromatic rings. The Labute approximate surface area is 125 Å². The van der Waals surface area contributed by atoms with Crippen LogP contribution in [0.3, 0.4) is 0 Å². The molecular weight excluding hydrogens is 288 g/mol. The lowest BCUT2D eigenvalue weighted by molar-refractivity contribution is 0.425. The van der Waals surface area contributed by atoms with Crippen LogP contribution in [0.4, 0.5) is 0 Å². The Hall–Kier alpha value is -1.84. The van der Waals surface area contributed by atoms with Crippen molar-refractivity contribution in [2.24, 2.45) is 0 Å². The molecule has 0 aromatic carbocycles. The van der Waals surface area contributed by atoms with Crippen LogP contribution in [-0.2, 0) is 0 Å². The van der Waals surface area contributed by atoms with Gasteiger partial charge in [-0.2, -0.15) is 5.26 Å². The molecule has 0 spiro atoms. The van der Waals surface area contributed by atoms with Gasteiger partial charge in [-0.3, -0.25) is 4.98 Å². The number of allylic oxidation sites excluding steroid dienone is 1. The smallest absolute Gasteiger partial charge is 0.123 e. The second-order valence-electron chi connectivity index (χ2n) is 4.44. The number of nitriles is 1. The lowest BCUT2D eigenvalue weighted by atomic mass is 10.2. The molecule has 3 rings (SSSR count). The van der Waals surface area contributed by atoms with Gasteiger partial charge < -0.3 is 4.90 Å². The third-order valence-corrected chi connectivity index (χ3v) is 5.09. The molecule has 0 saturated heterocycles. The fourth-order valence-electron chi connectivity index (χ4n) is 2.02. The van der Waals surface area contributed by atoms with Crippen molar-refractivity contribution in [3.63, 3.8) is 0 Å². The summed E-state index contributed by atoms with van der Waals surface area (Å²) in [7, 11) is 1.93. The van der Waals surface area contributed by atoms with Crippen LogP contribution in [0.15, 0.2) is 34.8 Å². The first-order valence-corrected chi connectivity index (χ1v) is 7.88. The summed E-state index contributed by atoms with van der Waals surface area (Å²) in [6.07, 6.45) is 1.87. The molecule has 0 aliphatic carbocycles. The van der Waals surface area contributed by atoms with E-state index < -0.39 is 0 Å². The summed E-state index contributed by atoms with van der Waals surface area (Å²) in [6, 6.07) is 6.23. The van der Waals surface area contributed by atoms with Crippen LogP contribution in [0, 0.1) is 18.3 Å². The quantitative estimate of drug-likeness (QED) is 0.849. The highest BCUT2D eigenvalue weighted by Crippen LogP contribution is 2.40. The Morgan fingerprint density at radius 1 is 1.35 bits per heavy atom. The number of pyridine rings is 1. The van der Waals surface area contributed by atoms with Crippen molar-refractivity contribution in [2.45, 2.75) is 12.3 Å². The highest BCUT2D eigenvalue weighted by atomic mass is 32.2. The lowest BCUT2D eigenvalue weighted by Crippen LogP contribution is -2.16. The summed E-state index contributed by atoms with van der Waals surface area (Å²) in [6.45, 7) is 1.99. The zero-order valence-electron chi connectivity index (χ0n) is 11.1. The molecule has 0 fully saturated rings. The largest absolute Gasteiger partial charge is 0.349 e. The van der Waals surface area contributed by atoms with E-state index in [-0.39, 0.29) is 5.37 Å². The molecule has 0 saturated carbocycles. The van der Waals surface area contributed by atoms with Crippen LogP contribution in [-0.4, -0.2) is 21.9 Å². The average Bonchev–Trinajstić information content (AvgIpc) is 3.05. The standard InChI is InChI=1S/C14H12N4S2/c1-9-17-13(8-19-9)12-4-3-10(6-16-12)14-18(2)11(5-15)7-20-14/h3-4,6-8,14H,1-2H3. The number of hydrogen-bond donors (Lipinski definition) is 0. The van der Waals surface area contributed by atoms with E-state index >= 15 is 0 Å². The number of rotatable bonds is 2. The maximum Gasteiger partial charge on any atom is 0.123 e. The van der Waals surface area contributed by atoms with Gasteiger partial charge in [0, 0.05) is 29.6 Å². The molecule has 4 nitrogen and oxygen atoms in total. The van der Waals surface area contributed by atoms with Crippen molar-refractivity contribution >= 4 is 23.1 Å². The molecule has 2 aromatic heterocycles. The minimum atomic E-state index is 0.128. The van der Waals surface area contributed by atoms with Gasteiger partial charge in [0.1, 0.15) is 17.1 Å². The van der Waals surface area contributed by atoms with E-state index in [1.54, 1.807) is 23.1 Å². The van der Waals surface area contributed by atoms with E-state index in [1.165, 1.54) is 0 Å². The van der Waals surface area contributed by atoms with Crippen LogP contribution < -0.4 is 0 Å². The van der Waals surface area contributed by atoms with Crippen molar-refractivity contribution in [3.8, 4) is 17.5 Å². The van der Waals surface area contributed by atoms with E-state index in [1.807, 2.05) is 41.9 Å². The van der Waals surface area contributed by atoms with E-state index in [4.69, 9.17) is 5.26 Å². The van der Waals surface area contributed by atoms with Crippen LogP contribution in [0.5, 0.6) is 0 Å². The molecule has 6 heteroatoms. The first-order chi connectivity index (χ1) is 9.69. The van der Waals surface area contributed by atoms with Gasteiger partial charge >= 0.3 is 0 Å². The van der Waals surface area contributed by atoms with Gasteiger partial charge in [-0.1, -0.05) is 6.07 Å². The summed E-state index contributed by atoms with van der Waals surface area (Å²) in [4.78, 5) is 10.9. The van der Waals surface area contributed by atoms with E-state index in [0.717, 1.165) is 22.0 Å². The summed E-state index contributed by atoms with van der Waals surface area (Å²) in [5.41, 5.74) is 3.59. The molecule has 0 N–H and O–H groups in total. The molecule has 3 heterocycles. The van der Waals surface area contributed by atoms with Crippen molar-refractivity contribution in [1.82, 2.24) is 14.9 Å². The zero-order valence-corrected chi connectivity index (χ0v) is 12.7. The number of thioether (sulfide) groups is 1. The predicted octanol–water partition coefficient (Wildman–Crippen LogP) is 3.56. The zero-order chi connectivity index (χ0) is 14.1. The Balaban J connectivity index is 1.83. The lowest BCUT2D eigenvalue weighted by Gasteiger charge is -2.21. The van der Waals surface area contributed by atoms with Crippen molar-refractivity contribution in [3.05, 3.63) is 45.4 Å². The third-order valence-electron chi connectivity index (χ3n) is 3.11. The number of aryl methyl sites for hydroxylation is 1. The second kappa shape index (κ2) is 5.27. The molecule has 1 unspecified atom stereocenters. The van der Waals surface area contributed by atoms with Gasteiger partial charge in [0.25, 0.3) is 0 Å². The van der Waals surface area contributed by atoms with Crippen molar-refractivity contribution < 1.29 is 0 Å². The molecular formula is C14H12N4S2. The minimum absolute atomic E-state index is 0.128. The van der Waals surface area contributed by atoms with Gasteiger partial charge in [-0.15, -0.1) is 23.1 Å². The summed E-state index contributed by atoms with van der Waals surface area (Å²) in [5.74, 6) is 0. The fraction of sp³-hybridized carbons (Fsp3) is 0.214. The number of hydrogen-bond acceptors (Lipinski definition) is 6. The Morgan fingerprint density at radius 2 is 2.20 bits per heavy atom. The maximum absolute atomic E-state index is 9.00. The topological polar surface area (TPSA) is 52.8 Å². The maximum atomic E-state index is 9.00.